The van der Waals surface area contributed by atoms with Gasteiger partial charge in [-0.15, -0.1) is 0 Å². The Balaban J connectivity index is 1.71. The highest BCUT2D eigenvalue weighted by atomic mass is 16.6. The summed E-state index contributed by atoms with van der Waals surface area (Å²) in [6.07, 6.45) is 0.718. The normalized spacial score (nSPS) is 18.2. The quantitative estimate of drug-likeness (QED) is 0.481. The van der Waals surface area contributed by atoms with Gasteiger partial charge in [0.05, 0.1) is 25.0 Å². The van der Waals surface area contributed by atoms with Crippen LogP contribution in [0.4, 0.5) is 4.79 Å². The van der Waals surface area contributed by atoms with Crippen LogP contribution in [0.25, 0.3) is 0 Å². The van der Waals surface area contributed by atoms with E-state index in [1.807, 2.05) is 30.3 Å². The lowest BCUT2D eigenvalue weighted by Gasteiger charge is -2.31. The first-order valence-electron chi connectivity index (χ1n) is 11.9. The van der Waals surface area contributed by atoms with Crippen LogP contribution in [0.1, 0.15) is 63.2 Å². The standard InChI is InChI=1S/C27H33N3O6/c1-27(2,3)36-25(34)22-15-14-21(19-12-8-5-9-13-19)30(22)23(31)17-28-26(35)29-20(16-24(32)33)18-10-6-4-7-11-18/h4-13,20-22H,14-17H2,1-3H3,(H,32,33)(H2,28,29,35). The number of carboxylic acid groups (broad SMARTS) is 1. The van der Waals surface area contributed by atoms with Gasteiger partial charge < -0.3 is 25.4 Å². The van der Waals surface area contributed by atoms with E-state index >= 15 is 0 Å². The highest BCUT2D eigenvalue weighted by molar-refractivity contribution is 5.89. The number of carboxylic acids is 1. The molecule has 192 valence electrons. The molecule has 36 heavy (non-hydrogen) atoms. The first kappa shape index (κ1) is 26.7. The van der Waals surface area contributed by atoms with E-state index in [0.717, 1.165) is 5.56 Å². The molecule has 1 aliphatic rings. The second-order valence-electron chi connectivity index (χ2n) is 9.74. The van der Waals surface area contributed by atoms with Crippen molar-refractivity contribution in [2.75, 3.05) is 6.54 Å². The fraction of sp³-hybridized carbons (Fsp3) is 0.407. The van der Waals surface area contributed by atoms with E-state index in [-0.39, 0.29) is 19.0 Å². The average molecular weight is 496 g/mol. The lowest BCUT2D eigenvalue weighted by atomic mass is 10.0. The molecule has 1 saturated heterocycles. The van der Waals surface area contributed by atoms with E-state index in [1.54, 1.807) is 51.1 Å². The molecule has 3 amide bonds. The van der Waals surface area contributed by atoms with Crippen LogP contribution in [-0.2, 0) is 19.1 Å². The first-order valence-corrected chi connectivity index (χ1v) is 11.9. The van der Waals surface area contributed by atoms with Gasteiger partial charge in [0.15, 0.2) is 0 Å². The largest absolute Gasteiger partial charge is 0.481 e. The zero-order valence-corrected chi connectivity index (χ0v) is 20.8. The fourth-order valence-electron chi connectivity index (χ4n) is 4.33. The van der Waals surface area contributed by atoms with Crippen LogP contribution < -0.4 is 10.6 Å². The topological polar surface area (TPSA) is 125 Å². The molecule has 3 unspecified atom stereocenters. The van der Waals surface area contributed by atoms with Gasteiger partial charge in [0.2, 0.25) is 5.91 Å². The Hall–Kier alpha value is -3.88. The van der Waals surface area contributed by atoms with Crippen molar-refractivity contribution in [2.24, 2.45) is 0 Å². The first-order chi connectivity index (χ1) is 17.0. The molecular formula is C27H33N3O6. The van der Waals surface area contributed by atoms with Crippen LogP contribution in [0.15, 0.2) is 60.7 Å². The van der Waals surface area contributed by atoms with Crippen LogP contribution in [-0.4, -0.2) is 52.1 Å². The van der Waals surface area contributed by atoms with E-state index in [1.165, 1.54) is 4.90 Å². The number of benzene rings is 2. The molecule has 3 N–H and O–H groups in total. The molecular weight excluding hydrogens is 462 g/mol. The Morgan fingerprint density at radius 3 is 2.19 bits per heavy atom. The third-order valence-corrected chi connectivity index (χ3v) is 5.82. The number of urea groups is 1. The molecule has 0 bridgehead atoms. The number of nitrogens with one attached hydrogen (secondary N) is 2. The van der Waals surface area contributed by atoms with Gasteiger partial charge in [0.1, 0.15) is 11.6 Å². The number of esters is 1. The van der Waals surface area contributed by atoms with Crippen molar-refractivity contribution >= 4 is 23.9 Å². The average Bonchev–Trinajstić information content (AvgIpc) is 3.27. The molecule has 0 aliphatic carbocycles. The minimum absolute atomic E-state index is 0.311. The van der Waals surface area contributed by atoms with Gasteiger partial charge in [-0.05, 0) is 44.7 Å². The summed E-state index contributed by atoms with van der Waals surface area (Å²) < 4.78 is 5.56. The number of hydrogen-bond donors (Lipinski definition) is 3. The highest BCUT2D eigenvalue weighted by Crippen LogP contribution is 2.37. The number of nitrogens with zero attached hydrogens (tertiary/aromatic N) is 1. The summed E-state index contributed by atoms with van der Waals surface area (Å²) in [7, 11) is 0. The Morgan fingerprint density at radius 2 is 1.61 bits per heavy atom. The zero-order chi connectivity index (χ0) is 26.3. The van der Waals surface area contributed by atoms with Crippen molar-refractivity contribution in [3.8, 4) is 0 Å². The number of aliphatic carboxylic acids is 1. The van der Waals surface area contributed by atoms with Crippen molar-refractivity contribution in [1.82, 2.24) is 15.5 Å². The van der Waals surface area contributed by atoms with E-state index in [4.69, 9.17) is 4.74 Å². The smallest absolute Gasteiger partial charge is 0.329 e. The van der Waals surface area contributed by atoms with Gasteiger partial charge >= 0.3 is 18.0 Å². The zero-order valence-electron chi connectivity index (χ0n) is 20.8. The molecule has 0 radical (unpaired) electrons. The number of hydrogen-bond acceptors (Lipinski definition) is 5. The lowest BCUT2D eigenvalue weighted by molar-refractivity contribution is -0.164. The van der Waals surface area contributed by atoms with Gasteiger partial charge in [-0.25, -0.2) is 9.59 Å². The molecule has 0 aromatic heterocycles. The molecule has 3 rings (SSSR count). The summed E-state index contributed by atoms with van der Waals surface area (Å²) in [4.78, 5) is 51.7. The van der Waals surface area contributed by atoms with E-state index in [2.05, 4.69) is 10.6 Å². The van der Waals surface area contributed by atoms with Crippen molar-refractivity contribution in [2.45, 2.75) is 63.8 Å². The number of rotatable bonds is 8. The second kappa shape index (κ2) is 11.7. The molecule has 0 saturated carbocycles. The summed E-state index contributed by atoms with van der Waals surface area (Å²) in [5, 5.41) is 14.4. The highest BCUT2D eigenvalue weighted by Gasteiger charge is 2.43. The van der Waals surface area contributed by atoms with Crippen LogP contribution in [0, 0.1) is 0 Å². The molecule has 9 heteroatoms. The Morgan fingerprint density at radius 1 is 1.00 bits per heavy atom. The van der Waals surface area contributed by atoms with Gasteiger partial charge in [0.25, 0.3) is 0 Å². The predicted octanol–water partition coefficient (Wildman–Crippen LogP) is 3.58. The molecule has 1 fully saturated rings. The summed E-state index contributed by atoms with van der Waals surface area (Å²) in [6.45, 7) is 4.95. The third kappa shape index (κ3) is 7.31. The van der Waals surface area contributed by atoms with E-state index in [9.17, 15) is 24.3 Å². The molecule has 9 nitrogen and oxygen atoms in total. The maximum atomic E-state index is 13.3. The lowest BCUT2D eigenvalue weighted by Crippen LogP contribution is -2.49. The van der Waals surface area contributed by atoms with Crippen LogP contribution in [0.5, 0.6) is 0 Å². The SMILES string of the molecule is CC(C)(C)OC(=O)C1CCC(c2ccccc2)N1C(=O)CNC(=O)NC(CC(=O)O)c1ccccc1. The number of amides is 3. The molecule has 2 aromatic rings. The van der Waals surface area contributed by atoms with Gasteiger partial charge in [-0.3, -0.25) is 9.59 Å². The summed E-state index contributed by atoms with van der Waals surface area (Å²) in [6, 6.07) is 15.6. The Kier molecular flexibility index (Phi) is 8.68. The molecule has 0 spiro atoms. The predicted molar refractivity (Wildman–Crippen MR) is 133 cm³/mol. The van der Waals surface area contributed by atoms with Gasteiger partial charge in [-0.2, -0.15) is 0 Å². The van der Waals surface area contributed by atoms with Gasteiger partial charge in [0, 0.05) is 0 Å². The summed E-state index contributed by atoms with van der Waals surface area (Å²) in [5.74, 6) is -1.98. The van der Waals surface area contributed by atoms with Crippen LogP contribution in [0.2, 0.25) is 0 Å². The maximum absolute atomic E-state index is 13.3. The maximum Gasteiger partial charge on any atom is 0.329 e. The molecule has 3 atom stereocenters. The van der Waals surface area contributed by atoms with E-state index in [0.29, 0.717) is 18.4 Å². The molecule has 2 aromatic carbocycles. The van der Waals surface area contributed by atoms with Crippen molar-refractivity contribution in [3.05, 3.63) is 71.8 Å². The fourth-order valence-corrected chi connectivity index (χ4v) is 4.33. The number of ether oxygens (including phenoxy) is 1. The van der Waals surface area contributed by atoms with E-state index < -0.39 is 41.6 Å². The monoisotopic (exact) mass is 495 g/mol. The summed E-state index contributed by atoms with van der Waals surface area (Å²) >= 11 is 0. The van der Waals surface area contributed by atoms with Crippen LogP contribution >= 0.6 is 0 Å². The Labute approximate surface area is 210 Å². The molecule has 1 heterocycles. The number of carbonyl (C=O) groups is 4. The Bertz CT molecular complexity index is 1070. The minimum atomic E-state index is -1.07. The third-order valence-electron chi connectivity index (χ3n) is 5.82. The molecule has 1 aliphatic heterocycles. The van der Waals surface area contributed by atoms with Crippen molar-refractivity contribution < 1.29 is 29.0 Å². The van der Waals surface area contributed by atoms with Crippen LogP contribution in [0.3, 0.4) is 0 Å². The number of carbonyl (C=O) groups excluding carboxylic acids is 3. The minimum Gasteiger partial charge on any atom is -0.481 e. The van der Waals surface area contributed by atoms with Crippen molar-refractivity contribution in [1.29, 1.82) is 0 Å². The van der Waals surface area contributed by atoms with Crippen molar-refractivity contribution in [3.63, 3.8) is 0 Å². The van der Waals surface area contributed by atoms with Gasteiger partial charge in [-0.1, -0.05) is 60.7 Å². The summed E-state index contributed by atoms with van der Waals surface area (Å²) in [5.41, 5.74) is 0.827. The number of likely N-dealkylation sites (tertiary alicyclic amines) is 1. The second-order valence-corrected chi connectivity index (χ2v) is 9.74.